The normalized spacial score (nSPS) is 10.9. The highest BCUT2D eigenvalue weighted by molar-refractivity contribution is 9.09. The summed E-state index contributed by atoms with van der Waals surface area (Å²) in [5.41, 5.74) is 0.248. The molecule has 0 N–H and O–H groups in total. The summed E-state index contributed by atoms with van der Waals surface area (Å²) in [7, 11) is 0. The van der Waals surface area contributed by atoms with Crippen molar-refractivity contribution in [3.63, 3.8) is 0 Å². The molecular weight excluding hydrogens is 332 g/mol. The Morgan fingerprint density at radius 1 is 0.952 bits per heavy atom. The third-order valence-electron chi connectivity index (χ3n) is 3.39. The quantitative estimate of drug-likeness (QED) is 0.365. The number of unbranched alkanes of at least 4 members (excludes halogenated alkanes) is 5. The SMILES string of the molecule is O=c1ccc2ccc(OCCCCCCCCBr)cc2o1. The van der Waals surface area contributed by atoms with Crippen molar-refractivity contribution in [3.05, 3.63) is 40.8 Å². The molecule has 0 spiro atoms. The minimum Gasteiger partial charge on any atom is -0.493 e. The summed E-state index contributed by atoms with van der Waals surface area (Å²) in [6.07, 6.45) is 7.39. The van der Waals surface area contributed by atoms with Gasteiger partial charge in [-0.3, -0.25) is 0 Å². The van der Waals surface area contributed by atoms with Gasteiger partial charge in [-0.2, -0.15) is 0 Å². The largest absolute Gasteiger partial charge is 0.493 e. The third-order valence-corrected chi connectivity index (χ3v) is 3.95. The summed E-state index contributed by atoms with van der Waals surface area (Å²) in [5.74, 6) is 0.760. The topological polar surface area (TPSA) is 39.4 Å². The second kappa shape index (κ2) is 8.88. The molecule has 0 bridgehead atoms. The number of halogens is 1. The first-order valence-corrected chi connectivity index (χ1v) is 8.64. The van der Waals surface area contributed by atoms with Crippen LogP contribution >= 0.6 is 15.9 Å². The average Bonchev–Trinajstić information content (AvgIpc) is 2.49. The summed E-state index contributed by atoms with van der Waals surface area (Å²) in [4.78, 5) is 11.2. The van der Waals surface area contributed by atoms with Gasteiger partial charge in [0.2, 0.25) is 0 Å². The van der Waals surface area contributed by atoms with Crippen molar-refractivity contribution in [3.8, 4) is 5.75 Å². The highest BCUT2D eigenvalue weighted by Gasteiger charge is 2.00. The number of ether oxygens (including phenoxy) is 1. The van der Waals surface area contributed by atoms with E-state index in [4.69, 9.17) is 9.15 Å². The molecule has 1 aromatic heterocycles. The highest BCUT2D eigenvalue weighted by Crippen LogP contribution is 2.19. The van der Waals surface area contributed by atoms with Crippen LogP contribution in [0.1, 0.15) is 38.5 Å². The molecule has 0 fully saturated rings. The summed E-state index contributed by atoms with van der Waals surface area (Å²) < 4.78 is 10.9. The lowest BCUT2D eigenvalue weighted by Crippen LogP contribution is -1.98. The summed E-state index contributed by atoms with van der Waals surface area (Å²) in [6, 6.07) is 8.80. The fraction of sp³-hybridized carbons (Fsp3) is 0.471. The fourth-order valence-electron chi connectivity index (χ4n) is 2.22. The Bertz CT molecular complexity index is 606. The molecule has 0 saturated carbocycles. The molecule has 0 atom stereocenters. The minimum atomic E-state index is -0.330. The van der Waals surface area contributed by atoms with Gasteiger partial charge >= 0.3 is 5.63 Å². The lowest BCUT2D eigenvalue weighted by Gasteiger charge is -2.06. The predicted molar refractivity (Wildman–Crippen MR) is 89.5 cm³/mol. The molecular formula is C17H21BrO3. The molecule has 0 radical (unpaired) electrons. The van der Waals surface area contributed by atoms with Gasteiger partial charge in [-0.15, -0.1) is 0 Å². The lowest BCUT2D eigenvalue weighted by molar-refractivity contribution is 0.304. The second-order valence-electron chi connectivity index (χ2n) is 5.11. The molecule has 3 nitrogen and oxygen atoms in total. The fourth-order valence-corrected chi connectivity index (χ4v) is 2.62. The van der Waals surface area contributed by atoms with Crippen LogP contribution in [-0.2, 0) is 0 Å². The molecule has 0 aliphatic rings. The van der Waals surface area contributed by atoms with Crippen molar-refractivity contribution < 1.29 is 9.15 Å². The number of hydrogen-bond donors (Lipinski definition) is 0. The number of fused-ring (bicyclic) bond motifs is 1. The summed E-state index contributed by atoms with van der Waals surface area (Å²) in [5, 5.41) is 2.02. The van der Waals surface area contributed by atoms with Crippen LogP contribution in [0.25, 0.3) is 11.0 Å². The van der Waals surface area contributed by atoms with Crippen LogP contribution in [0.15, 0.2) is 39.5 Å². The maximum atomic E-state index is 11.2. The monoisotopic (exact) mass is 352 g/mol. The first-order valence-electron chi connectivity index (χ1n) is 7.52. The van der Waals surface area contributed by atoms with Gasteiger partial charge in [0.25, 0.3) is 0 Å². The highest BCUT2D eigenvalue weighted by atomic mass is 79.9. The smallest absolute Gasteiger partial charge is 0.336 e. The summed E-state index contributed by atoms with van der Waals surface area (Å²) >= 11 is 3.44. The second-order valence-corrected chi connectivity index (χ2v) is 5.91. The molecule has 1 aromatic carbocycles. The number of alkyl halides is 1. The number of rotatable bonds is 9. The Labute approximate surface area is 133 Å². The van der Waals surface area contributed by atoms with Crippen LogP contribution in [0.2, 0.25) is 0 Å². The zero-order valence-electron chi connectivity index (χ0n) is 12.1. The van der Waals surface area contributed by atoms with E-state index in [0.717, 1.165) is 22.9 Å². The Balaban J connectivity index is 1.72. The van der Waals surface area contributed by atoms with Crippen molar-refractivity contribution >= 4 is 26.9 Å². The molecule has 0 saturated heterocycles. The molecule has 2 aromatic rings. The van der Waals surface area contributed by atoms with Crippen molar-refractivity contribution in [2.75, 3.05) is 11.9 Å². The lowest BCUT2D eigenvalue weighted by atomic mass is 10.1. The predicted octanol–water partition coefficient (Wildman–Crippen LogP) is 4.91. The van der Waals surface area contributed by atoms with Crippen molar-refractivity contribution in [1.82, 2.24) is 0 Å². The number of hydrogen-bond acceptors (Lipinski definition) is 3. The van der Waals surface area contributed by atoms with Gasteiger partial charge in [0.1, 0.15) is 11.3 Å². The van der Waals surface area contributed by atoms with Crippen LogP contribution < -0.4 is 10.4 Å². The van der Waals surface area contributed by atoms with E-state index in [9.17, 15) is 4.79 Å². The molecule has 0 aliphatic heterocycles. The van der Waals surface area contributed by atoms with E-state index >= 15 is 0 Å². The standard InChI is InChI=1S/C17H21BrO3/c18-11-5-3-1-2-4-6-12-20-15-9-7-14-8-10-17(19)21-16(14)13-15/h7-10,13H,1-6,11-12H2. The van der Waals surface area contributed by atoms with Crippen molar-refractivity contribution in [1.29, 1.82) is 0 Å². The van der Waals surface area contributed by atoms with E-state index in [1.807, 2.05) is 12.1 Å². The molecule has 0 amide bonds. The zero-order chi connectivity index (χ0) is 14.9. The minimum absolute atomic E-state index is 0.330. The van der Waals surface area contributed by atoms with Crippen LogP contribution in [0, 0.1) is 0 Å². The van der Waals surface area contributed by atoms with Crippen LogP contribution in [0.5, 0.6) is 5.75 Å². The van der Waals surface area contributed by atoms with Gasteiger partial charge in [-0.1, -0.05) is 41.6 Å². The van der Waals surface area contributed by atoms with Gasteiger partial charge in [0.05, 0.1) is 6.61 Å². The van der Waals surface area contributed by atoms with Gasteiger partial charge in [0.15, 0.2) is 0 Å². The Hall–Kier alpha value is -1.29. The maximum absolute atomic E-state index is 11.2. The summed E-state index contributed by atoms with van der Waals surface area (Å²) in [6.45, 7) is 0.709. The first kappa shape index (κ1) is 16.1. The molecule has 2 rings (SSSR count). The van der Waals surface area contributed by atoms with E-state index in [2.05, 4.69) is 15.9 Å². The van der Waals surface area contributed by atoms with E-state index in [1.54, 1.807) is 12.1 Å². The first-order chi connectivity index (χ1) is 10.3. The van der Waals surface area contributed by atoms with E-state index in [1.165, 1.54) is 38.2 Å². The molecule has 1 heterocycles. The zero-order valence-corrected chi connectivity index (χ0v) is 13.7. The van der Waals surface area contributed by atoms with Crippen molar-refractivity contribution in [2.45, 2.75) is 38.5 Å². The maximum Gasteiger partial charge on any atom is 0.336 e. The number of benzene rings is 1. The van der Waals surface area contributed by atoms with Gasteiger partial charge in [-0.25, -0.2) is 4.79 Å². The Morgan fingerprint density at radius 3 is 2.48 bits per heavy atom. The van der Waals surface area contributed by atoms with Crippen molar-refractivity contribution in [2.24, 2.45) is 0 Å². The molecule has 21 heavy (non-hydrogen) atoms. The van der Waals surface area contributed by atoms with Gasteiger partial charge in [0, 0.05) is 22.8 Å². The Kier molecular flexibility index (Phi) is 6.80. The van der Waals surface area contributed by atoms with Crippen LogP contribution in [0.3, 0.4) is 0 Å². The van der Waals surface area contributed by atoms with E-state index < -0.39 is 0 Å². The van der Waals surface area contributed by atoms with Crippen LogP contribution in [-0.4, -0.2) is 11.9 Å². The Morgan fingerprint density at radius 2 is 1.67 bits per heavy atom. The molecule has 114 valence electrons. The van der Waals surface area contributed by atoms with E-state index in [-0.39, 0.29) is 5.63 Å². The van der Waals surface area contributed by atoms with E-state index in [0.29, 0.717) is 12.2 Å². The van der Waals surface area contributed by atoms with Crippen LogP contribution in [0.4, 0.5) is 0 Å². The third kappa shape index (κ3) is 5.54. The van der Waals surface area contributed by atoms with Gasteiger partial charge in [-0.05, 0) is 31.0 Å². The average molecular weight is 353 g/mol. The molecule has 4 heteroatoms. The van der Waals surface area contributed by atoms with Gasteiger partial charge < -0.3 is 9.15 Å². The molecule has 0 aliphatic carbocycles. The molecule has 0 unspecified atom stereocenters.